The predicted octanol–water partition coefficient (Wildman–Crippen LogP) is 1.29. The highest BCUT2D eigenvalue weighted by molar-refractivity contribution is 7.92. The Balaban J connectivity index is 1.44. The van der Waals surface area contributed by atoms with Crippen molar-refractivity contribution >= 4 is 33.3 Å². The van der Waals surface area contributed by atoms with Crippen molar-refractivity contribution in [3.63, 3.8) is 0 Å². The minimum absolute atomic E-state index is 0.0777. The Labute approximate surface area is 187 Å². The van der Waals surface area contributed by atoms with Crippen molar-refractivity contribution in [3.05, 3.63) is 42.5 Å². The second kappa shape index (κ2) is 7.85. The van der Waals surface area contributed by atoms with Gasteiger partial charge in [-0.1, -0.05) is 12.1 Å². The minimum atomic E-state index is -4.07. The van der Waals surface area contributed by atoms with Gasteiger partial charge in [0.15, 0.2) is 12.4 Å². The molecule has 1 aromatic heterocycles. The van der Waals surface area contributed by atoms with Gasteiger partial charge in [0.1, 0.15) is 12.3 Å². The number of carboxylic acid groups (broad SMARTS) is 1. The van der Waals surface area contributed by atoms with Crippen molar-refractivity contribution < 1.29 is 27.9 Å². The van der Waals surface area contributed by atoms with Crippen LogP contribution < -0.4 is 14.4 Å². The summed E-state index contributed by atoms with van der Waals surface area (Å²) >= 11 is 0. The number of benzene rings is 2. The van der Waals surface area contributed by atoms with Gasteiger partial charge in [-0.2, -0.15) is 0 Å². The molecule has 5 rings (SSSR count). The summed E-state index contributed by atoms with van der Waals surface area (Å²) in [4.78, 5) is 24.1. The summed E-state index contributed by atoms with van der Waals surface area (Å²) < 4.78 is 35.7. The van der Waals surface area contributed by atoms with E-state index in [2.05, 4.69) is 20.2 Å². The number of anilines is 2. The fourth-order valence-corrected chi connectivity index (χ4v) is 4.61. The first-order chi connectivity index (χ1) is 15.8. The summed E-state index contributed by atoms with van der Waals surface area (Å²) in [7, 11) is -4.07. The van der Waals surface area contributed by atoms with Crippen molar-refractivity contribution in [2.75, 3.05) is 22.8 Å². The highest BCUT2D eigenvalue weighted by atomic mass is 32.2. The molecular formula is C20H18N6O6S. The number of aromatic nitrogens is 4. The van der Waals surface area contributed by atoms with E-state index in [1.807, 2.05) is 0 Å². The van der Waals surface area contributed by atoms with E-state index in [-0.39, 0.29) is 29.0 Å². The number of aliphatic carboxylic acids is 1. The van der Waals surface area contributed by atoms with E-state index < -0.39 is 28.4 Å². The van der Waals surface area contributed by atoms with E-state index in [9.17, 15) is 18.0 Å². The van der Waals surface area contributed by atoms with E-state index in [1.54, 1.807) is 28.9 Å². The van der Waals surface area contributed by atoms with Crippen LogP contribution in [0.4, 0.5) is 11.4 Å². The predicted molar refractivity (Wildman–Crippen MR) is 114 cm³/mol. The first-order valence-electron chi connectivity index (χ1n) is 10.0. The average Bonchev–Trinajstić information content (AvgIpc) is 3.51. The fourth-order valence-electron chi connectivity index (χ4n) is 3.54. The van der Waals surface area contributed by atoms with Crippen LogP contribution in [-0.2, 0) is 19.6 Å². The van der Waals surface area contributed by atoms with E-state index in [4.69, 9.17) is 9.84 Å². The van der Waals surface area contributed by atoms with Gasteiger partial charge < -0.3 is 9.84 Å². The molecule has 0 unspecified atom stereocenters. The van der Waals surface area contributed by atoms with Gasteiger partial charge in [-0.25, -0.2) is 13.1 Å². The Bertz CT molecular complexity index is 1370. The second-order valence-electron chi connectivity index (χ2n) is 7.66. The average molecular weight is 470 g/mol. The number of hydrogen-bond acceptors (Lipinski definition) is 8. The maximum absolute atomic E-state index is 13.1. The monoisotopic (exact) mass is 470 g/mol. The molecule has 0 atom stereocenters. The SMILES string of the molecule is O=C(O)CN1C(=O)COc2ccc(S(=O)(=O)Nc3cccc(-c4nnnn4C4CC4)c3)cc21. The number of hydrogen-bond donors (Lipinski definition) is 2. The molecule has 0 radical (unpaired) electrons. The molecule has 1 aliphatic heterocycles. The minimum Gasteiger partial charge on any atom is -0.482 e. The number of ether oxygens (including phenoxy) is 1. The van der Waals surface area contributed by atoms with Crippen LogP contribution in [0.1, 0.15) is 18.9 Å². The third kappa shape index (κ3) is 4.09. The van der Waals surface area contributed by atoms with Crippen LogP contribution in [0.3, 0.4) is 0 Å². The maximum Gasteiger partial charge on any atom is 0.323 e. The lowest BCUT2D eigenvalue weighted by atomic mass is 10.2. The number of carbonyl (C=O) groups is 2. The molecular weight excluding hydrogens is 452 g/mol. The van der Waals surface area contributed by atoms with Gasteiger partial charge in [0.25, 0.3) is 15.9 Å². The van der Waals surface area contributed by atoms with Crippen molar-refractivity contribution in [1.82, 2.24) is 20.2 Å². The summed E-state index contributed by atoms with van der Waals surface area (Å²) in [5, 5.41) is 20.9. The molecule has 0 spiro atoms. The van der Waals surface area contributed by atoms with Crippen LogP contribution in [0.2, 0.25) is 0 Å². The number of fused-ring (bicyclic) bond motifs is 1. The van der Waals surface area contributed by atoms with Crippen LogP contribution in [0.5, 0.6) is 5.75 Å². The van der Waals surface area contributed by atoms with Gasteiger partial charge in [-0.15, -0.1) is 5.10 Å². The standard InChI is InChI=1S/C20H18N6O6S/c27-18-11-32-17-7-6-15(9-16(17)25(18)10-19(28)29)33(30,31)22-13-3-1-2-12(8-13)20-21-23-24-26(20)14-4-5-14/h1-3,6-9,14,22H,4-5,10-11H2,(H,28,29). The molecule has 170 valence electrons. The zero-order valence-corrected chi connectivity index (χ0v) is 17.9. The van der Waals surface area contributed by atoms with E-state index in [0.717, 1.165) is 17.7 Å². The summed E-state index contributed by atoms with van der Waals surface area (Å²) in [6.45, 7) is -0.929. The van der Waals surface area contributed by atoms with Gasteiger partial charge in [0.05, 0.1) is 16.6 Å². The second-order valence-corrected chi connectivity index (χ2v) is 9.34. The largest absolute Gasteiger partial charge is 0.482 e. The smallest absolute Gasteiger partial charge is 0.323 e. The summed E-state index contributed by atoms with van der Waals surface area (Å²) in [5.41, 5.74) is 1.03. The maximum atomic E-state index is 13.1. The number of amides is 1. The van der Waals surface area contributed by atoms with Crippen LogP contribution in [-0.4, -0.2) is 58.8 Å². The number of rotatable bonds is 7. The Morgan fingerprint density at radius 3 is 2.79 bits per heavy atom. The topological polar surface area (TPSA) is 157 Å². The molecule has 2 heterocycles. The number of tetrazole rings is 1. The molecule has 1 fully saturated rings. The van der Waals surface area contributed by atoms with E-state index in [0.29, 0.717) is 17.1 Å². The van der Waals surface area contributed by atoms with Gasteiger partial charge in [0, 0.05) is 11.3 Å². The number of carboxylic acids is 1. The number of nitrogens with one attached hydrogen (secondary N) is 1. The molecule has 12 nitrogen and oxygen atoms in total. The Morgan fingerprint density at radius 2 is 2.03 bits per heavy atom. The summed E-state index contributed by atoms with van der Waals surface area (Å²) in [6.07, 6.45) is 1.99. The molecule has 3 aromatic rings. The molecule has 1 aliphatic carbocycles. The molecule has 0 saturated heterocycles. The molecule has 2 aromatic carbocycles. The molecule has 2 N–H and O–H groups in total. The fraction of sp³-hybridized carbons (Fsp3) is 0.250. The normalized spacial score (nSPS) is 15.6. The van der Waals surface area contributed by atoms with E-state index >= 15 is 0 Å². The van der Waals surface area contributed by atoms with Gasteiger partial charge in [0.2, 0.25) is 0 Å². The zero-order chi connectivity index (χ0) is 23.2. The van der Waals surface area contributed by atoms with Crippen molar-refractivity contribution in [3.8, 4) is 17.1 Å². The van der Waals surface area contributed by atoms with Crippen molar-refractivity contribution in [1.29, 1.82) is 0 Å². The van der Waals surface area contributed by atoms with Crippen LogP contribution >= 0.6 is 0 Å². The molecule has 13 heteroatoms. The van der Waals surface area contributed by atoms with Crippen LogP contribution in [0.15, 0.2) is 47.4 Å². The van der Waals surface area contributed by atoms with Gasteiger partial charge in [-0.3, -0.25) is 19.2 Å². The third-order valence-electron chi connectivity index (χ3n) is 5.24. The lowest BCUT2D eigenvalue weighted by Gasteiger charge is -2.28. The van der Waals surface area contributed by atoms with E-state index in [1.165, 1.54) is 18.2 Å². The van der Waals surface area contributed by atoms with Gasteiger partial charge in [-0.05, 0) is 53.6 Å². The Kier molecular flexibility index (Phi) is 4.96. The molecule has 33 heavy (non-hydrogen) atoms. The number of carbonyl (C=O) groups excluding carboxylic acids is 1. The Hall–Kier alpha value is -4.00. The van der Waals surface area contributed by atoms with Crippen LogP contribution in [0.25, 0.3) is 11.4 Å². The Morgan fingerprint density at radius 1 is 1.21 bits per heavy atom. The summed E-state index contributed by atoms with van der Waals surface area (Å²) in [5.74, 6) is -1.03. The van der Waals surface area contributed by atoms with Crippen molar-refractivity contribution in [2.24, 2.45) is 0 Å². The highest BCUT2D eigenvalue weighted by Crippen LogP contribution is 2.37. The molecule has 1 amide bonds. The zero-order valence-electron chi connectivity index (χ0n) is 17.1. The molecule has 0 bridgehead atoms. The highest BCUT2D eigenvalue weighted by Gasteiger charge is 2.30. The molecule has 2 aliphatic rings. The third-order valence-corrected chi connectivity index (χ3v) is 6.61. The molecule has 1 saturated carbocycles. The quantitative estimate of drug-likeness (QED) is 0.519. The lowest BCUT2D eigenvalue weighted by molar-refractivity contribution is -0.137. The van der Waals surface area contributed by atoms with Crippen molar-refractivity contribution in [2.45, 2.75) is 23.8 Å². The number of sulfonamides is 1. The number of nitrogens with zero attached hydrogens (tertiary/aromatic N) is 5. The van der Waals surface area contributed by atoms with Crippen LogP contribution in [0, 0.1) is 0 Å². The first-order valence-corrected chi connectivity index (χ1v) is 11.5. The lowest BCUT2D eigenvalue weighted by Crippen LogP contribution is -2.42. The van der Waals surface area contributed by atoms with Gasteiger partial charge >= 0.3 is 5.97 Å². The summed E-state index contributed by atoms with van der Waals surface area (Å²) in [6, 6.07) is 10.9. The first kappa shape index (κ1) is 20.9.